The summed E-state index contributed by atoms with van der Waals surface area (Å²) in [4.78, 5) is 35.3. The van der Waals surface area contributed by atoms with Crippen LogP contribution < -0.4 is 5.09 Å². The van der Waals surface area contributed by atoms with Crippen LogP contribution >= 0.6 is 30.9 Å². The summed E-state index contributed by atoms with van der Waals surface area (Å²) in [7, 11) is -2.84. The molecule has 13 heteroatoms. The van der Waals surface area contributed by atoms with Gasteiger partial charge in [-0.3, -0.25) is 9.36 Å². The van der Waals surface area contributed by atoms with Gasteiger partial charge in [0.25, 0.3) is 0 Å². The van der Waals surface area contributed by atoms with Crippen molar-refractivity contribution < 1.29 is 38.4 Å². The van der Waals surface area contributed by atoms with Gasteiger partial charge in [-0.25, -0.2) is 19.3 Å². The van der Waals surface area contributed by atoms with Gasteiger partial charge in [0.1, 0.15) is 11.9 Å². The maximum atomic E-state index is 13.0. The lowest BCUT2D eigenvalue weighted by Gasteiger charge is -2.33. The Bertz CT molecular complexity index is 1390. The molecule has 300 valence electrons. The Morgan fingerprint density at radius 1 is 1.11 bits per heavy atom. The van der Waals surface area contributed by atoms with Crippen LogP contribution in [-0.4, -0.2) is 82.8 Å². The number of ether oxygens (including phenoxy) is 1. The summed E-state index contributed by atoms with van der Waals surface area (Å²) in [5.74, 6) is -1.16. The second-order valence-electron chi connectivity index (χ2n) is 14.0. The number of aliphatic hydroxyl groups is 1. The molecule has 3 N–H and O–H groups in total. The van der Waals surface area contributed by atoms with E-state index < -0.39 is 25.7 Å². The number of aliphatic carboxylic acids is 1. The average Bonchev–Trinajstić information content (AvgIpc) is 3.10. The van der Waals surface area contributed by atoms with Crippen LogP contribution in [0.25, 0.3) is 0 Å². The number of rotatable bonds is 20. The molecule has 1 saturated heterocycles. The predicted octanol–water partition coefficient (Wildman–Crippen LogP) is 8.67. The number of carbonyl (C=O) groups excluding carboxylic acids is 2. The van der Waals surface area contributed by atoms with E-state index in [0.29, 0.717) is 49.4 Å². The Hall–Kier alpha value is -2.30. The molecule has 2 aliphatic heterocycles. The molecule has 1 unspecified atom stereocenters. The van der Waals surface area contributed by atoms with Crippen molar-refractivity contribution in [3.8, 4) is 0 Å². The van der Waals surface area contributed by atoms with Gasteiger partial charge in [0, 0.05) is 61.3 Å². The Balaban J connectivity index is 0.000000833. The molecular weight excluding hydrogens is 738 g/mol. The van der Waals surface area contributed by atoms with Crippen LogP contribution in [0.5, 0.6) is 0 Å². The summed E-state index contributed by atoms with van der Waals surface area (Å²) in [6, 6.07) is 0. The minimum atomic E-state index is -2.84. The molecule has 0 radical (unpaired) electrons. The first kappa shape index (κ1) is 48.7. The van der Waals surface area contributed by atoms with Gasteiger partial charge in [0.15, 0.2) is 0 Å². The molecule has 0 saturated carbocycles. The van der Waals surface area contributed by atoms with Gasteiger partial charge < -0.3 is 19.5 Å². The van der Waals surface area contributed by atoms with E-state index in [4.69, 9.17) is 37.6 Å². The van der Waals surface area contributed by atoms with Crippen molar-refractivity contribution in [3.05, 3.63) is 71.4 Å². The quantitative estimate of drug-likeness (QED) is 0.0360. The number of nitrogens with zero attached hydrogens (tertiary/aromatic N) is 1. The molecule has 0 amide bonds. The van der Waals surface area contributed by atoms with Gasteiger partial charge in [0.2, 0.25) is 0 Å². The monoisotopic (exact) mass is 800 g/mol. The highest BCUT2D eigenvalue weighted by Gasteiger charge is 2.33. The van der Waals surface area contributed by atoms with Gasteiger partial charge >= 0.3 is 19.6 Å². The highest BCUT2D eigenvalue weighted by molar-refractivity contribution is 7.54. The summed E-state index contributed by atoms with van der Waals surface area (Å²) >= 11 is 11.2. The van der Waals surface area contributed by atoms with Gasteiger partial charge in [-0.15, -0.1) is 23.2 Å². The van der Waals surface area contributed by atoms with E-state index in [1.54, 1.807) is 18.5 Å². The molecule has 2 rings (SSSR count). The number of carboxylic acids is 1. The summed E-state index contributed by atoms with van der Waals surface area (Å²) in [6.07, 6.45) is 18.7. The van der Waals surface area contributed by atoms with E-state index in [0.717, 1.165) is 37.5 Å². The van der Waals surface area contributed by atoms with Crippen molar-refractivity contribution in [2.24, 2.45) is 29.6 Å². The standard InChI is InChI=1S/C33H48O6.C7H15Cl2N2O2P/c1-9-28(14-15-29-24(5)13-16-31(36)39-29)19-22(3)12-10-11-21(2)17-25(6)32(37)27(8)33(38)26(7)18-23(4)20-30(34)35;8-2-5-11(6-3-9)14(12)10-4-1-7-13-14/h10-11,13-17,19-20,22,24-27,29,33,38H,9,12,18H2,1-8H3,(H,34,35);1-7H2,(H,10,12)/b11-10+,15-14+,21-17+,23-20+,28-19+;/t22-,24+,25-,26+,27-,29+,33-;/m1./s1. The van der Waals surface area contributed by atoms with Crippen LogP contribution in [0.4, 0.5) is 0 Å². The van der Waals surface area contributed by atoms with E-state index in [9.17, 15) is 24.1 Å². The zero-order valence-corrected chi connectivity index (χ0v) is 35.2. The Kier molecular flexibility index (Phi) is 23.6. The zero-order valence-electron chi connectivity index (χ0n) is 32.8. The van der Waals surface area contributed by atoms with Crippen LogP contribution in [0.15, 0.2) is 71.4 Å². The molecule has 1 fully saturated rings. The molecule has 0 bridgehead atoms. The highest BCUT2D eigenvalue weighted by atomic mass is 35.5. The molecule has 0 spiro atoms. The lowest BCUT2D eigenvalue weighted by Crippen LogP contribution is -2.35. The van der Waals surface area contributed by atoms with Gasteiger partial charge in [-0.1, -0.05) is 94.7 Å². The first-order chi connectivity index (χ1) is 25.0. The Morgan fingerprint density at radius 3 is 2.34 bits per heavy atom. The predicted molar refractivity (Wildman–Crippen MR) is 216 cm³/mol. The van der Waals surface area contributed by atoms with Crippen molar-refractivity contribution in [1.82, 2.24) is 9.76 Å². The number of cyclic esters (lactones) is 1. The number of carboxylic acid groups (broad SMARTS) is 1. The summed E-state index contributed by atoms with van der Waals surface area (Å²) in [6.45, 7) is 17.7. The van der Waals surface area contributed by atoms with E-state index >= 15 is 0 Å². The Labute approximate surface area is 328 Å². The number of aliphatic hydroxyl groups excluding tert-OH is 1. The van der Waals surface area contributed by atoms with E-state index in [1.807, 2.05) is 58.1 Å². The lowest BCUT2D eigenvalue weighted by molar-refractivity contribution is -0.143. The van der Waals surface area contributed by atoms with E-state index in [2.05, 4.69) is 31.1 Å². The molecular formula is C40H63Cl2N2O8P. The molecule has 0 aromatic carbocycles. The number of ketones is 1. The van der Waals surface area contributed by atoms with Crippen LogP contribution in [0.3, 0.4) is 0 Å². The Morgan fingerprint density at radius 2 is 1.77 bits per heavy atom. The van der Waals surface area contributed by atoms with Crippen molar-refractivity contribution in [3.63, 3.8) is 0 Å². The van der Waals surface area contributed by atoms with Crippen LogP contribution in [-0.2, 0) is 28.2 Å². The highest BCUT2D eigenvalue weighted by Crippen LogP contribution is 2.48. The summed E-state index contributed by atoms with van der Waals surface area (Å²) < 4.78 is 24.6. The minimum Gasteiger partial charge on any atom is -0.478 e. The molecule has 10 nitrogen and oxygen atoms in total. The third-order valence-corrected chi connectivity index (χ3v) is 11.7. The average molecular weight is 802 g/mol. The molecule has 8 atom stereocenters. The summed E-state index contributed by atoms with van der Waals surface area (Å²) in [5.41, 5.74) is 2.84. The van der Waals surface area contributed by atoms with Gasteiger partial charge in [0.05, 0.1) is 12.7 Å². The molecule has 53 heavy (non-hydrogen) atoms. The number of esters is 1. The second-order valence-corrected chi connectivity index (χ2v) is 17.0. The first-order valence-corrected chi connectivity index (χ1v) is 21.2. The molecule has 2 aliphatic rings. The van der Waals surface area contributed by atoms with Crippen LogP contribution in [0, 0.1) is 29.6 Å². The van der Waals surface area contributed by atoms with Crippen molar-refractivity contribution in [2.45, 2.75) is 93.3 Å². The van der Waals surface area contributed by atoms with Gasteiger partial charge in [-0.2, -0.15) is 0 Å². The van der Waals surface area contributed by atoms with Crippen molar-refractivity contribution >= 4 is 48.6 Å². The lowest BCUT2D eigenvalue weighted by atomic mass is 9.83. The third-order valence-electron chi connectivity index (χ3n) is 9.08. The van der Waals surface area contributed by atoms with Crippen LogP contribution in [0.1, 0.15) is 81.1 Å². The fraction of sp³-hybridized carbons (Fsp3) is 0.625. The van der Waals surface area contributed by atoms with Gasteiger partial charge in [-0.05, 0) is 57.4 Å². The second kappa shape index (κ2) is 25.7. The smallest absolute Gasteiger partial charge is 0.343 e. The maximum Gasteiger partial charge on any atom is 0.343 e. The molecule has 0 aromatic rings. The van der Waals surface area contributed by atoms with Crippen molar-refractivity contribution in [1.29, 1.82) is 0 Å². The van der Waals surface area contributed by atoms with E-state index in [1.165, 1.54) is 11.6 Å². The number of allylic oxidation sites excluding steroid dienone is 8. The fourth-order valence-electron chi connectivity index (χ4n) is 6.03. The normalized spacial score (nSPS) is 24.4. The maximum absolute atomic E-state index is 13.0. The number of hydrogen-bond acceptors (Lipinski definition) is 7. The fourth-order valence-corrected chi connectivity index (χ4v) is 8.67. The molecule has 0 aromatic heterocycles. The minimum absolute atomic E-state index is 0.0360. The largest absolute Gasteiger partial charge is 0.478 e. The van der Waals surface area contributed by atoms with Crippen LogP contribution in [0.2, 0.25) is 0 Å². The number of alkyl halides is 2. The SMILES string of the molecule is CCC(/C=C/[C@@H]1OC(=O)C=C[C@@H]1C)=C\[C@H](C)C/C=C/C(C)=C/[C@@H](C)C(=O)[C@@H](C)[C@H](O)[C@@H](C)C/C(C)=C/C(=O)O.O=P1(N(CCCl)CCCl)NCCCO1. The van der Waals surface area contributed by atoms with E-state index in [-0.39, 0.29) is 35.6 Å². The zero-order chi connectivity index (χ0) is 40.1. The van der Waals surface area contributed by atoms with Crippen molar-refractivity contribution in [2.75, 3.05) is 38.0 Å². The molecule has 0 aliphatic carbocycles. The molecule has 2 heterocycles. The number of Topliss-reactive ketones (excluding diaryl/α,β-unsaturated/α-hetero) is 1. The topological polar surface area (TPSA) is 142 Å². The number of carbonyl (C=O) groups is 3. The number of hydrogen-bond donors (Lipinski definition) is 3. The number of nitrogens with one attached hydrogen (secondary N) is 1. The number of halogens is 2. The summed E-state index contributed by atoms with van der Waals surface area (Å²) in [5, 5.41) is 22.5. The first-order valence-electron chi connectivity index (χ1n) is 18.6. The third kappa shape index (κ3) is 18.7.